The van der Waals surface area contributed by atoms with Gasteiger partial charge < -0.3 is 4.74 Å². The highest BCUT2D eigenvalue weighted by Gasteiger charge is 2.31. The number of hydrogen-bond donors (Lipinski definition) is 0. The fourth-order valence-corrected chi connectivity index (χ4v) is 2.14. The molecule has 100 valence electrons. The monoisotopic (exact) mass is 253 g/mol. The minimum atomic E-state index is -4.11. The summed E-state index contributed by atoms with van der Waals surface area (Å²) in [6, 6.07) is -0.359. The van der Waals surface area contributed by atoms with E-state index in [-0.39, 0.29) is 18.4 Å². The molecule has 0 aromatic carbocycles. The van der Waals surface area contributed by atoms with Crippen LogP contribution < -0.4 is 0 Å². The van der Waals surface area contributed by atoms with Crippen molar-refractivity contribution in [2.45, 2.75) is 44.3 Å². The first kappa shape index (κ1) is 14.3. The van der Waals surface area contributed by atoms with E-state index >= 15 is 0 Å². The highest BCUT2D eigenvalue weighted by molar-refractivity contribution is 5.75. The van der Waals surface area contributed by atoms with Crippen LogP contribution in [0.1, 0.15) is 32.1 Å². The summed E-state index contributed by atoms with van der Waals surface area (Å²) in [6.07, 6.45) is -2.33. The minimum absolute atomic E-state index is 0.0387. The van der Waals surface area contributed by atoms with E-state index in [1.807, 2.05) is 0 Å². The first-order valence-corrected chi connectivity index (χ1v) is 5.82. The zero-order chi connectivity index (χ0) is 12.9. The van der Waals surface area contributed by atoms with Crippen LogP contribution in [0.3, 0.4) is 0 Å². The molecule has 0 unspecified atom stereocenters. The van der Waals surface area contributed by atoms with Crippen molar-refractivity contribution in [3.63, 3.8) is 0 Å². The van der Waals surface area contributed by atoms with Gasteiger partial charge >= 0.3 is 12.1 Å². The molecule has 1 atom stereocenters. The lowest BCUT2D eigenvalue weighted by Crippen LogP contribution is -2.45. The van der Waals surface area contributed by atoms with E-state index in [4.69, 9.17) is 0 Å². The summed E-state index contributed by atoms with van der Waals surface area (Å²) < 4.78 is 40.7. The second-order valence-electron chi connectivity index (χ2n) is 4.29. The number of halogens is 3. The normalized spacial score (nSPS) is 22.5. The van der Waals surface area contributed by atoms with E-state index in [1.54, 1.807) is 4.90 Å². The number of carbonyl (C=O) groups excluding carboxylic acids is 1. The highest BCUT2D eigenvalue weighted by Crippen LogP contribution is 2.23. The highest BCUT2D eigenvalue weighted by atomic mass is 19.4. The third kappa shape index (κ3) is 4.93. The Morgan fingerprint density at radius 3 is 2.71 bits per heavy atom. The maximum Gasteiger partial charge on any atom is 0.389 e. The quantitative estimate of drug-likeness (QED) is 0.720. The van der Waals surface area contributed by atoms with Crippen molar-refractivity contribution in [3.05, 3.63) is 0 Å². The Morgan fingerprint density at radius 1 is 1.41 bits per heavy atom. The molecule has 1 fully saturated rings. The Labute approximate surface area is 98.9 Å². The van der Waals surface area contributed by atoms with E-state index in [2.05, 4.69) is 4.74 Å². The topological polar surface area (TPSA) is 29.5 Å². The molecule has 0 aliphatic carbocycles. The average molecular weight is 253 g/mol. The number of rotatable bonds is 4. The Hall–Kier alpha value is -0.780. The van der Waals surface area contributed by atoms with E-state index in [1.165, 1.54) is 7.11 Å². The molecule has 1 heterocycles. The number of esters is 1. The van der Waals surface area contributed by atoms with Crippen LogP contribution in [0.2, 0.25) is 0 Å². The molecule has 0 spiro atoms. The smallest absolute Gasteiger partial charge is 0.389 e. The largest absolute Gasteiger partial charge is 0.468 e. The number of methoxy groups -OCH3 is 1. The van der Waals surface area contributed by atoms with Gasteiger partial charge in [-0.15, -0.1) is 0 Å². The van der Waals surface area contributed by atoms with Gasteiger partial charge in [0.2, 0.25) is 0 Å². The van der Waals surface area contributed by atoms with E-state index in [9.17, 15) is 18.0 Å². The molecule has 0 aromatic heterocycles. The Morgan fingerprint density at radius 2 is 2.12 bits per heavy atom. The first-order valence-electron chi connectivity index (χ1n) is 5.82. The number of piperidine rings is 1. The van der Waals surface area contributed by atoms with Gasteiger partial charge in [0.25, 0.3) is 0 Å². The number of likely N-dealkylation sites (tertiary alicyclic amines) is 1. The summed E-state index contributed by atoms with van der Waals surface area (Å²) in [5.41, 5.74) is 0. The Balaban J connectivity index is 2.40. The van der Waals surface area contributed by atoms with Gasteiger partial charge in [0, 0.05) is 6.42 Å². The summed E-state index contributed by atoms with van der Waals surface area (Å²) in [7, 11) is 1.31. The van der Waals surface area contributed by atoms with Gasteiger partial charge in [-0.2, -0.15) is 13.2 Å². The van der Waals surface area contributed by atoms with Gasteiger partial charge in [-0.25, -0.2) is 0 Å². The zero-order valence-corrected chi connectivity index (χ0v) is 9.92. The molecular formula is C11H18F3NO2. The summed E-state index contributed by atoms with van der Waals surface area (Å²) in [6.45, 7) is 0.983. The van der Waals surface area contributed by atoms with Gasteiger partial charge in [0.15, 0.2) is 0 Å². The van der Waals surface area contributed by atoms with E-state index in [0.29, 0.717) is 19.5 Å². The van der Waals surface area contributed by atoms with Crippen LogP contribution in [0.4, 0.5) is 13.2 Å². The molecule has 3 nitrogen and oxygen atoms in total. The average Bonchev–Trinajstić information content (AvgIpc) is 2.27. The van der Waals surface area contributed by atoms with Crippen molar-refractivity contribution < 1.29 is 22.7 Å². The summed E-state index contributed by atoms with van der Waals surface area (Å²) in [5.74, 6) is -0.336. The van der Waals surface area contributed by atoms with Crippen LogP contribution >= 0.6 is 0 Å². The summed E-state index contributed by atoms with van der Waals surface area (Å²) >= 11 is 0. The second-order valence-corrected chi connectivity index (χ2v) is 4.29. The maximum absolute atomic E-state index is 12.0. The zero-order valence-electron chi connectivity index (χ0n) is 9.92. The van der Waals surface area contributed by atoms with Crippen molar-refractivity contribution in [1.82, 2.24) is 4.90 Å². The van der Waals surface area contributed by atoms with Crippen LogP contribution in [-0.2, 0) is 9.53 Å². The van der Waals surface area contributed by atoms with Crippen LogP contribution in [0.15, 0.2) is 0 Å². The molecule has 0 bridgehead atoms. The Bertz CT molecular complexity index is 256. The SMILES string of the molecule is COC(=O)[C@H]1CCCCN1CCCC(F)(F)F. The molecule has 6 heteroatoms. The van der Waals surface area contributed by atoms with Crippen LogP contribution in [0, 0.1) is 0 Å². The van der Waals surface area contributed by atoms with Crippen LogP contribution in [0.25, 0.3) is 0 Å². The number of ether oxygens (including phenoxy) is 1. The van der Waals surface area contributed by atoms with E-state index in [0.717, 1.165) is 12.8 Å². The summed E-state index contributed by atoms with van der Waals surface area (Å²) in [5, 5.41) is 0. The standard InChI is InChI=1S/C11H18F3NO2/c1-17-10(16)9-5-2-3-7-15(9)8-4-6-11(12,13)14/h9H,2-8H2,1H3/t9-/m1/s1. The molecule has 1 saturated heterocycles. The van der Waals surface area contributed by atoms with Gasteiger partial charge in [-0.05, 0) is 32.4 Å². The molecule has 1 aliphatic rings. The maximum atomic E-state index is 12.0. The van der Waals surface area contributed by atoms with Crippen LogP contribution in [0.5, 0.6) is 0 Å². The number of carbonyl (C=O) groups is 1. The van der Waals surface area contributed by atoms with Crippen molar-refractivity contribution in [2.24, 2.45) is 0 Å². The summed E-state index contributed by atoms with van der Waals surface area (Å²) in [4.78, 5) is 13.3. The molecule has 0 N–H and O–H groups in total. The van der Waals surface area contributed by atoms with Crippen molar-refractivity contribution in [1.29, 1.82) is 0 Å². The molecule has 17 heavy (non-hydrogen) atoms. The minimum Gasteiger partial charge on any atom is -0.468 e. The van der Waals surface area contributed by atoms with Crippen molar-refractivity contribution in [3.8, 4) is 0 Å². The van der Waals surface area contributed by atoms with Gasteiger partial charge in [0.1, 0.15) is 6.04 Å². The van der Waals surface area contributed by atoms with Gasteiger partial charge in [0.05, 0.1) is 7.11 Å². The van der Waals surface area contributed by atoms with Crippen molar-refractivity contribution >= 4 is 5.97 Å². The number of alkyl halides is 3. The predicted molar refractivity (Wildman–Crippen MR) is 56.5 cm³/mol. The van der Waals surface area contributed by atoms with E-state index < -0.39 is 12.6 Å². The van der Waals surface area contributed by atoms with Gasteiger partial charge in [-0.3, -0.25) is 9.69 Å². The third-order valence-electron chi connectivity index (χ3n) is 2.99. The lowest BCUT2D eigenvalue weighted by Gasteiger charge is -2.33. The van der Waals surface area contributed by atoms with Crippen LogP contribution in [-0.4, -0.2) is 43.3 Å². The fraction of sp³-hybridized carbons (Fsp3) is 0.909. The number of nitrogens with zero attached hydrogens (tertiary/aromatic N) is 1. The number of hydrogen-bond acceptors (Lipinski definition) is 3. The lowest BCUT2D eigenvalue weighted by atomic mass is 10.0. The molecule has 0 amide bonds. The fourth-order valence-electron chi connectivity index (χ4n) is 2.14. The van der Waals surface area contributed by atoms with Crippen molar-refractivity contribution in [2.75, 3.05) is 20.2 Å². The predicted octanol–water partition coefficient (Wildman–Crippen LogP) is 2.36. The van der Waals surface area contributed by atoms with Gasteiger partial charge in [-0.1, -0.05) is 6.42 Å². The molecular weight excluding hydrogens is 235 g/mol. The third-order valence-corrected chi connectivity index (χ3v) is 2.99. The molecule has 1 aliphatic heterocycles. The molecule has 0 saturated carbocycles. The molecule has 1 rings (SSSR count). The lowest BCUT2D eigenvalue weighted by molar-refractivity contribution is -0.149. The Kier molecular flexibility index (Phi) is 5.24. The first-order chi connectivity index (χ1) is 7.94. The second kappa shape index (κ2) is 6.23. The molecule has 0 radical (unpaired) electrons. The molecule has 0 aromatic rings.